The van der Waals surface area contributed by atoms with E-state index < -0.39 is 0 Å². The Morgan fingerprint density at radius 3 is 2.71 bits per heavy atom. The average molecular weight is 246 g/mol. The zero-order valence-corrected chi connectivity index (χ0v) is 10.8. The highest BCUT2D eigenvalue weighted by atomic mass is 32.1. The summed E-state index contributed by atoms with van der Waals surface area (Å²) in [5, 5.41) is 4.29. The van der Waals surface area contributed by atoms with Crippen LogP contribution in [0, 0.1) is 6.92 Å². The van der Waals surface area contributed by atoms with Crippen molar-refractivity contribution in [1.29, 1.82) is 0 Å². The average Bonchev–Trinajstić information content (AvgIpc) is 2.84. The summed E-state index contributed by atoms with van der Waals surface area (Å²) in [5.41, 5.74) is 6.97. The molecule has 0 spiro atoms. The van der Waals surface area contributed by atoms with Crippen molar-refractivity contribution in [3.63, 3.8) is 0 Å². The van der Waals surface area contributed by atoms with Crippen molar-refractivity contribution in [2.45, 2.75) is 25.8 Å². The molecule has 0 fully saturated rings. The number of hydrogen-bond donors (Lipinski definition) is 2. The smallest absolute Gasteiger partial charge is 0.0291 e. The van der Waals surface area contributed by atoms with Gasteiger partial charge in [-0.25, -0.2) is 0 Å². The van der Waals surface area contributed by atoms with Crippen LogP contribution in [0.25, 0.3) is 0 Å². The third-order valence-corrected chi connectivity index (χ3v) is 3.76. The predicted octanol–water partition coefficient (Wildman–Crippen LogP) is 2.67. The summed E-state index contributed by atoms with van der Waals surface area (Å²) < 4.78 is 0. The summed E-state index contributed by atoms with van der Waals surface area (Å²) in [5.74, 6) is 5.64. The molecule has 90 valence electrons. The Morgan fingerprint density at radius 2 is 2.06 bits per heavy atom. The molecule has 0 aliphatic rings. The van der Waals surface area contributed by atoms with E-state index in [1.807, 2.05) is 0 Å². The molecule has 2 aromatic rings. The molecule has 2 rings (SSSR count). The number of benzene rings is 1. The lowest BCUT2D eigenvalue weighted by molar-refractivity contribution is 0.522. The molecule has 17 heavy (non-hydrogen) atoms. The lowest BCUT2D eigenvalue weighted by atomic mass is 9.98. The lowest BCUT2D eigenvalue weighted by Gasteiger charge is -2.16. The number of hydrogen-bond acceptors (Lipinski definition) is 3. The quantitative estimate of drug-likeness (QED) is 0.629. The summed E-state index contributed by atoms with van der Waals surface area (Å²) in [6.07, 6.45) is 1.95. The highest BCUT2D eigenvalue weighted by Gasteiger charge is 2.10. The van der Waals surface area contributed by atoms with Crippen LogP contribution < -0.4 is 11.3 Å². The molecule has 1 heterocycles. The monoisotopic (exact) mass is 246 g/mol. The molecule has 0 saturated carbocycles. The molecule has 1 atom stereocenters. The van der Waals surface area contributed by atoms with E-state index in [9.17, 15) is 0 Å². The van der Waals surface area contributed by atoms with E-state index in [1.165, 1.54) is 16.7 Å². The van der Waals surface area contributed by atoms with Gasteiger partial charge < -0.3 is 0 Å². The minimum atomic E-state index is 0.297. The van der Waals surface area contributed by atoms with E-state index in [0.717, 1.165) is 12.8 Å². The van der Waals surface area contributed by atoms with Gasteiger partial charge in [-0.1, -0.05) is 24.3 Å². The van der Waals surface area contributed by atoms with Gasteiger partial charge in [0.1, 0.15) is 0 Å². The van der Waals surface area contributed by atoms with Crippen molar-refractivity contribution in [2.24, 2.45) is 5.84 Å². The molecule has 3 heteroatoms. The van der Waals surface area contributed by atoms with Crippen LogP contribution in [0.3, 0.4) is 0 Å². The first-order valence-electron chi connectivity index (χ1n) is 5.81. The van der Waals surface area contributed by atoms with Crippen LogP contribution in [0.15, 0.2) is 41.1 Å². The molecular weight excluding hydrogens is 228 g/mol. The Labute approximate surface area is 106 Å². The summed E-state index contributed by atoms with van der Waals surface area (Å²) >= 11 is 1.73. The Bertz CT molecular complexity index is 451. The van der Waals surface area contributed by atoms with Gasteiger partial charge in [-0.15, -0.1) is 0 Å². The van der Waals surface area contributed by atoms with Crippen LogP contribution in [0.1, 0.15) is 16.7 Å². The largest absolute Gasteiger partial charge is 0.271 e. The van der Waals surface area contributed by atoms with Crippen molar-refractivity contribution in [3.05, 3.63) is 57.8 Å². The summed E-state index contributed by atoms with van der Waals surface area (Å²) in [6.45, 7) is 2.15. The highest BCUT2D eigenvalue weighted by molar-refractivity contribution is 7.07. The number of aryl methyl sites for hydroxylation is 1. The van der Waals surface area contributed by atoms with Crippen molar-refractivity contribution in [3.8, 4) is 0 Å². The van der Waals surface area contributed by atoms with Crippen molar-refractivity contribution in [2.75, 3.05) is 0 Å². The third kappa shape index (κ3) is 3.40. The van der Waals surface area contributed by atoms with E-state index in [1.54, 1.807) is 11.3 Å². The van der Waals surface area contributed by atoms with E-state index in [-0.39, 0.29) is 0 Å². The second-order valence-electron chi connectivity index (χ2n) is 4.33. The molecule has 0 saturated heterocycles. The normalized spacial score (nSPS) is 12.6. The first-order valence-corrected chi connectivity index (χ1v) is 6.75. The second kappa shape index (κ2) is 5.96. The molecule has 0 aliphatic heterocycles. The Hall–Kier alpha value is -1.16. The van der Waals surface area contributed by atoms with Gasteiger partial charge in [-0.2, -0.15) is 11.3 Å². The third-order valence-electron chi connectivity index (χ3n) is 3.03. The summed E-state index contributed by atoms with van der Waals surface area (Å²) in [6, 6.07) is 10.9. The van der Waals surface area contributed by atoms with Crippen LogP contribution in [-0.2, 0) is 12.8 Å². The Balaban J connectivity index is 2.03. The SMILES string of the molecule is Cc1ccccc1CC(Cc1ccsc1)NN. The predicted molar refractivity (Wildman–Crippen MR) is 74.0 cm³/mol. The number of nitrogens with one attached hydrogen (secondary N) is 1. The zero-order valence-electron chi connectivity index (χ0n) is 10.0. The van der Waals surface area contributed by atoms with Gasteiger partial charge in [0.05, 0.1) is 0 Å². The van der Waals surface area contributed by atoms with Crippen molar-refractivity contribution in [1.82, 2.24) is 5.43 Å². The fourth-order valence-electron chi connectivity index (χ4n) is 1.99. The maximum absolute atomic E-state index is 5.64. The second-order valence-corrected chi connectivity index (χ2v) is 5.11. The molecular formula is C14H18N2S. The highest BCUT2D eigenvalue weighted by Crippen LogP contribution is 2.14. The maximum atomic E-state index is 5.64. The first kappa shape index (κ1) is 12.3. The van der Waals surface area contributed by atoms with Crippen LogP contribution >= 0.6 is 11.3 Å². The van der Waals surface area contributed by atoms with Crippen LogP contribution in [-0.4, -0.2) is 6.04 Å². The van der Waals surface area contributed by atoms with Crippen LogP contribution in [0.4, 0.5) is 0 Å². The molecule has 1 aromatic carbocycles. The Morgan fingerprint density at radius 1 is 1.24 bits per heavy atom. The Kier molecular flexibility index (Phi) is 4.31. The van der Waals surface area contributed by atoms with E-state index in [4.69, 9.17) is 5.84 Å². The number of thiophene rings is 1. The van der Waals surface area contributed by atoms with Gasteiger partial charge in [-0.05, 0) is 53.3 Å². The standard InChI is InChI=1S/C14H18N2S/c1-11-4-2-3-5-13(11)9-14(16-15)8-12-6-7-17-10-12/h2-7,10,14,16H,8-9,15H2,1H3. The van der Waals surface area contributed by atoms with Gasteiger partial charge in [0.15, 0.2) is 0 Å². The first-order chi connectivity index (χ1) is 8.29. The van der Waals surface area contributed by atoms with Gasteiger partial charge in [-0.3, -0.25) is 11.3 Å². The molecule has 0 amide bonds. The minimum absolute atomic E-state index is 0.297. The number of rotatable bonds is 5. The van der Waals surface area contributed by atoms with Gasteiger partial charge in [0, 0.05) is 6.04 Å². The molecule has 0 aliphatic carbocycles. The molecule has 0 bridgehead atoms. The topological polar surface area (TPSA) is 38.0 Å². The van der Waals surface area contributed by atoms with Crippen LogP contribution in [0.5, 0.6) is 0 Å². The number of nitrogens with two attached hydrogens (primary N) is 1. The van der Waals surface area contributed by atoms with Gasteiger partial charge in [0.2, 0.25) is 0 Å². The van der Waals surface area contributed by atoms with E-state index in [2.05, 4.69) is 53.4 Å². The lowest BCUT2D eigenvalue weighted by Crippen LogP contribution is -2.38. The number of hydrazine groups is 1. The minimum Gasteiger partial charge on any atom is -0.271 e. The van der Waals surface area contributed by atoms with Gasteiger partial charge in [0.25, 0.3) is 0 Å². The van der Waals surface area contributed by atoms with E-state index >= 15 is 0 Å². The molecule has 0 radical (unpaired) electrons. The van der Waals surface area contributed by atoms with E-state index in [0.29, 0.717) is 6.04 Å². The molecule has 1 aromatic heterocycles. The molecule has 3 N–H and O–H groups in total. The summed E-state index contributed by atoms with van der Waals surface area (Å²) in [4.78, 5) is 0. The maximum Gasteiger partial charge on any atom is 0.0291 e. The zero-order chi connectivity index (χ0) is 12.1. The fraction of sp³-hybridized carbons (Fsp3) is 0.286. The molecule has 2 nitrogen and oxygen atoms in total. The fourth-order valence-corrected chi connectivity index (χ4v) is 2.67. The van der Waals surface area contributed by atoms with Crippen molar-refractivity contribution >= 4 is 11.3 Å². The van der Waals surface area contributed by atoms with Crippen molar-refractivity contribution < 1.29 is 0 Å². The van der Waals surface area contributed by atoms with Gasteiger partial charge >= 0.3 is 0 Å². The van der Waals surface area contributed by atoms with Crippen LogP contribution in [0.2, 0.25) is 0 Å². The molecule has 1 unspecified atom stereocenters. The summed E-state index contributed by atoms with van der Waals surface area (Å²) in [7, 11) is 0.